The number of aromatic amines is 1. The van der Waals surface area contributed by atoms with E-state index in [1.165, 1.54) is 0 Å². The van der Waals surface area contributed by atoms with Crippen LogP contribution in [0.5, 0.6) is 5.88 Å². The van der Waals surface area contributed by atoms with Crippen LogP contribution < -0.4 is 20.9 Å². The van der Waals surface area contributed by atoms with Gasteiger partial charge in [-0.25, -0.2) is 0 Å². The summed E-state index contributed by atoms with van der Waals surface area (Å²) in [5.74, 6) is 1.79. The highest BCUT2D eigenvalue weighted by molar-refractivity contribution is 5.92. The molecule has 2 aromatic heterocycles. The molecular formula is C22H32N8O. The summed E-state index contributed by atoms with van der Waals surface area (Å²) in [6.45, 7) is 11.3. The smallest absolute Gasteiger partial charge is 0.233 e. The number of hydrogen-bond donors (Lipinski definition) is 5. The second-order valence-corrected chi connectivity index (χ2v) is 9.55. The zero-order valence-corrected chi connectivity index (χ0v) is 18.9. The van der Waals surface area contributed by atoms with Gasteiger partial charge in [0.1, 0.15) is 0 Å². The Labute approximate surface area is 182 Å². The van der Waals surface area contributed by atoms with Gasteiger partial charge in [-0.3, -0.25) is 0 Å². The van der Waals surface area contributed by atoms with Gasteiger partial charge in [0.15, 0.2) is 5.88 Å². The molecule has 1 aliphatic rings. The minimum Gasteiger partial charge on any atom is -0.494 e. The highest BCUT2D eigenvalue weighted by Gasteiger charge is 2.20. The van der Waals surface area contributed by atoms with Crippen LogP contribution in [0.4, 0.5) is 23.5 Å². The molecule has 0 unspecified atom stereocenters. The van der Waals surface area contributed by atoms with E-state index in [-0.39, 0.29) is 11.3 Å². The largest absolute Gasteiger partial charge is 0.494 e. The topological polar surface area (TPSA) is 114 Å². The van der Waals surface area contributed by atoms with Gasteiger partial charge < -0.3 is 30.9 Å². The SMILES string of the molecule is Cc1cc2c[nH]c(O)c2cc1Nc1nc(N[C@H]2CCNC2)nc(N(C)CC(C)(C)C)n1. The predicted octanol–water partition coefficient (Wildman–Crippen LogP) is 3.37. The Kier molecular flexibility index (Phi) is 5.62. The van der Waals surface area contributed by atoms with Crippen LogP contribution in [0.1, 0.15) is 32.8 Å². The number of anilines is 4. The van der Waals surface area contributed by atoms with Crippen molar-refractivity contribution >= 4 is 34.3 Å². The minimum absolute atomic E-state index is 0.103. The number of hydrogen-bond acceptors (Lipinski definition) is 8. The van der Waals surface area contributed by atoms with Gasteiger partial charge in [-0.2, -0.15) is 15.0 Å². The second kappa shape index (κ2) is 8.22. The molecular weight excluding hydrogens is 392 g/mol. The Morgan fingerprint density at radius 2 is 1.97 bits per heavy atom. The summed E-state index contributed by atoms with van der Waals surface area (Å²) in [5.41, 5.74) is 1.98. The number of nitrogens with zero attached hydrogens (tertiary/aromatic N) is 4. The average molecular weight is 425 g/mol. The molecule has 1 aliphatic heterocycles. The van der Waals surface area contributed by atoms with Crippen LogP contribution in [0.2, 0.25) is 0 Å². The van der Waals surface area contributed by atoms with Crippen molar-refractivity contribution in [3.8, 4) is 5.88 Å². The number of aromatic hydroxyl groups is 1. The molecule has 0 bridgehead atoms. The third-order valence-corrected chi connectivity index (χ3v) is 5.33. The highest BCUT2D eigenvalue weighted by Crippen LogP contribution is 2.31. The van der Waals surface area contributed by atoms with E-state index in [1.54, 1.807) is 6.20 Å². The maximum Gasteiger partial charge on any atom is 0.233 e. The lowest BCUT2D eigenvalue weighted by atomic mass is 9.96. The predicted molar refractivity (Wildman–Crippen MR) is 125 cm³/mol. The summed E-state index contributed by atoms with van der Waals surface area (Å²) >= 11 is 0. The lowest BCUT2D eigenvalue weighted by molar-refractivity contribution is 0.416. The molecule has 0 aliphatic carbocycles. The fourth-order valence-corrected chi connectivity index (χ4v) is 3.93. The molecule has 0 radical (unpaired) electrons. The van der Waals surface area contributed by atoms with E-state index >= 15 is 0 Å². The first-order chi connectivity index (χ1) is 14.7. The van der Waals surface area contributed by atoms with Crippen molar-refractivity contribution in [2.75, 3.05) is 42.2 Å². The molecule has 5 N–H and O–H groups in total. The number of rotatable bonds is 6. The van der Waals surface area contributed by atoms with E-state index in [0.29, 0.717) is 23.9 Å². The Morgan fingerprint density at radius 3 is 2.68 bits per heavy atom. The van der Waals surface area contributed by atoms with Gasteiger partial charge in [0.05, 0.1) is 0 Å². The van der Waals surface area contributed by atoms with Crippen LogP contribution in [0, 0.1) is 12.3 Å². The highest BCUT2D eigenvalue weighted by atomic mass is 16.3. The summed E-state index contributed by atoms with van der Waals surface area (Å²) in [5, 5.41) is 21.9. The van der Waals surface area contributed by atoms with Crippen LogP contribution >= 0.6 is 0 Å². The fraction of sp³-hybridized carbons (Fsp3) is 0.500. The molecule has 166 valence electrons. The van der Waals surface area contributed by atoms with E-state index in [0.717, 1.165) is 48.1 Å². The zero-order chi connectivity index (χ0) is 22.2. The molecule has 3 aromatic rings. The minimum atomic E-state index is 0.103. The maximum absolute atomic E-state index is 10.1. The van der Waals surface area contributed by atoms with Crippen molar-refractivity contribution in [2.24, 2.45) is 5.41 Å². The number of nitrogens with one attached hydrogen (secondary N) is 4. The number of aromatic nitrogens is 4. The summed E-state index contributed by atoms with van der Waals surface area (Å²) < 4.78 is 0. The molecule has 31 heavy (non-hydrogen) atoms. The molecule has 1 atom stereocenters. The number of aryl methyl sites for hydroxylation is 1. The number of benzene rings is 1. The third-order valence-electron chi connectivity index (χ3n) is 5.33. The molecule has 9 nitrogen and oxygen atoms in total. The summed E-state index contributed by atoms with van der Waals surface area (Å²) in [6.07, 6.45) is 2.83. The first kappa shape index (κ1) is 21.2. The van der Waals surface area contributed by atoms with Gasteiger partial charge in [0.25, 0.3) is 0 Å². The van der Waals surface area contributed by atoms with Gasteiger partial charge in [-0.05, 0) is 43.0 Å². The monoisotopic (exact) mass is 424 g/mol. The van der Waals surface area contributed by atoms with Crippen molar-refractivity contribution in [1.29, 1.82) is 0 Å². The van der Waals surface area contributed by atoms with Crippen LogP contribution in [0.3, 0.4) is 0 Å². The van der Waals surface area contributed by atoms with E-state index in [2.05, 4.69) is 61.6 Å². The Hall–Kier alpha value is -3.07. The van der Waals surface area contributed by atoms with Crippen molar-refractivity contribution in [2.45, 2.75) is 40.2 Å². The quantitative estimate of drug-likeness (QED) is 0.409. The van der Waals surface area contributed by atoms with Gasteiger partial charge in [0.2, 0.25) is 17.8 Å². The van der Waals surface area contributed by atoms with Crippen molar-refractivity contribution in [1.82, 2.24) is 25.3 Å². The second-order valence-electron chi connectivity index (χ2n) is 9.55. The van der Waals surface area contributed by atoms with Crippen molar-refractivity contribution in [3.05, 3.63) is 23.9 Å². The normalized spacial score (nSPS) is 16.6. The van der Waals surface area contributed by atoms with E-state index in [9.17, 15) is 5.11 Å². The summed E-state index contributed by atoms with van der Waals surface area (Å²) in [6, 6.07) is 4.23. The molecule has 0 amide bonds. The lowest BCUT2D eigenvalue weighted by Gasteiger charge is -2.27. The van der Waals surface area contributed by atoms with E-state index in [4.69, 9.17) is 0 Å². The molecule has 9 heteroatoms. The van der Waals surface area contributed by atoms with Crippen LogP contribution in [-0.4, -0.2) is 57.8 Å². The summed E-state index contributed by atoms with van der Waals surface area (Å²) in [7, 11) is 2.00. The first-order valence-corrected chi connectivity index (χ1v) is 10.7. The molecule has 1 aromatic carbocycles. The average Bonchev–Trinajstić information content (AvgIpc) is 3.31. The Balaban J connectivity index is 1.67. The first-order valence-electron chi connectivity index (χ1n) is 10.7. The molecule has 1 saturated heterocycles. The Bertz CT molecular complexity index is 1070. The van der Waals surface area contributed by atoms with Gasteiger partial charge in [-0.1, -0.05) is 20.8 Å². The molecule has 0 spiro atoms. The molecule has 4 rings (SSSR count). The summed E-state index contributed by atoms with van der Waals surface area (Å²) in [4.78, 5) is 18.9. The Morgan fingerprint density at radius 1 is 1.19 bits per heavy atom. The third kappa shape index (κ3) is 4.99. The fourth-order valence-electron chi connectivity index (χ4n) is 3.93. The number of fused-ring (bicyclic) bond motifs is 1. The maximum atomic E-state index is 10.1. The molecule has 3 heterocycles. The zero-order valence-electron chi connectivity index (χ0n) is 18.9. The standard InChI is InChI=1S/C22H32N8O/c1-13-8-14-10-24-18(31)16(14)9-17(13)26-20-27-19(25-15-6-7-23-11-15)28-21(29-20)30(5)12-22(2,3)4/h8-10,15,23-24,31H,6-7,11-12H2,1-5H3,(H2,25,26,27,28,29)/t15-/m0/s1. The lowest BCUT2D eigenvalue weighted by Crippen LogP contribution is -2.31. The van der Waals surface area contributed by atoms with Gasteiger partial charge >= 0.3 is 0 Å². The van der Waals surface area contributed by atoms with Crippen LogP contribution in [0.25, 0.3) is 10.8 Å². The molecule has 0 saturated carbocycles. The molecule has 1 fully saturated rings. The van der Waals surface area contributed by atoms with E-state index < -0.39 is 0 Å². The number of H-pyrrole nitrogens is 1. The van der Waals surface area contributed by atoms with Crippen molar-refractivity contribution < 1.29 is 5.11 Å². The van der Waals surface area contributed by atoms with E-state index in [1.807, 2.05) is 26.1 Å². The van der Waals surface area contributed by atoms with Crippen LogP contribution in [0.15, 0.2) is 18.3 Å². The van der Waals surface area contributed by atoms with Crippen LogP contribution in [-0.2, 0) is 0 Å². The van der Waals surface area contributed by atoms with Crippen molar-refractivity contribution in [3.63, 3.8) is 0 Å². The van der Waals surface area contributed by atoms with Gasteiger partial charge in [0, 0.05) is 48.8 Å². The van der Waals surface area contributed by atoms with Gasteiger partial charge in [-0.15, -0.1) is 0 Å².